The first kappa shape index (κ1) is 14.4. The van der Waals surface area contributed by atoms with Gasteiger partial charge in [0.2, 0.25) is 6.79 Å². The molecule has 4 rings (SSSR count). The van der Waals surface area contributed by atoms with Gasteiger partial charge in [0.25, 0.3) is 0 Å². The lowest BCUT2D eigenvalue weighted by Gasteiger charge is -2.23. The molecule has 1 aliphatic rings. The fraction of sp³-hybridized carbons (Fsp3) is 0.263. The minimum Gasteiger partial charge on any atom is -0.487 e. The molecule has 0 N–H and O–H groups in total. The van der Waals surface area contributed by atoms with Gasteiger partial charge < -0.3 is 14.2 Å². The monoisotopic (exact) mass is 326 g/mol. The van der Waals surface area contributed by atoms with E-state index < -0.39 is 0 Å². The maximum Gasteiger partial charge on any atom is 0.231 e. The Morgan fingerprint density at radius 3 is 2.30 bits per heavy atom. The molecule has 0 amide bonds. The molecule has 1 aliphatic heterocycles. The van der Waals surface area contributed by atoms with Gasteiger partial charge in [-0.15, -0.1) is 11.3 Å². The number of rotatable bonds is 2. The number of ether oxygens (including phenoxy) is 3. The summed E-state index contributed by atoms with van der Waals surface area (Å²) in [5, 5.41) is 4.30. The Balaban J connectivity index is 1.93. The van der Waals surface area contributed by atoms with Gasteiger partial charge in [0, 0.05) is 10.4 Å². The first-order valence-electron chi connectivity index (χ1n) is 7.60. The molecule has 0 spiro atoms. The van der Waals surface area contributed by atoms with E-state index in [9.17, 15) is 0 Å². The molecule has 3 aromatic rings. The first-order chi connectivity index (χ1) is 11.0. The highest BCUT2D eigenvalue weighted by Crippen LogP contribution is 2.42. The molecule has 3 nitrogen and oxygen atoms in total. The smallest absolute Gasteiger partial charge is 0.231 e. The topological polar surface area (TPSA) is 27.7 Å². The Labute approximate surface area is 139 Å². The zero-order valence-corrected chi connectivity index (χ0v) is 14.2. The first-order valence-corrected chi connectivity index (χ1v) is 8.48. The van der Waals surface area contributed by atoms with E-state index in [1.807, 2.05) is 12.1 Å². The van der Waals surface area contributed by atoms with Crippen molar-refractivity contribution in [3.8, 4) is 27.7 Å². The van der Waals surface area contributed by atoms with E-state index in [0.29, 0.717) is 0 Å². The summed E-state index contributed by atoms with van der Waals surface area (Å²) in [7, 11) is 0. The summed E-state index contributed by atoms with van der Waals surface area (Å²) in [5.41, 5.74) is 0.858. The number of hydrogen-bond donors (Lipinski definition) is 0. The van der Waals surface area contributed by atoms with Gasteiger partial charge in [0.15, 0.2) is 11.5 Å². The van der Waals surface area contributed by atoms with Crippen LogP contribution in [0.5, 0.6) is 17.2 Å². The second-order valence-electron chi connectivity index (χ2n) is 6.59. The van der Waals surface area contributed by atoms with Crippen molar-refractivity contribution in [2.45, 2.75) is 26.4 Å². The summed E-state index contributed by atoms with van der Waals surface area (Å²) >= 11 is 1.71. The predicted octanol–water partition coefficient (Wildman–Crippen LogP) is 5.47. The summed E-state index contributed by atoms with van der Waals surface area (Å²) < 4.78 is 17.2. The molecule has 0 bridgehead atoms. The van der Waals surface area contributed by atoms with E-state index in [2.05, 4.69) is 50.4 Å². The molecule has 1 aromatic heterocycles. The van der Waals surface area contributed by atoms with Crippen LogP contribution in [0, 0.1) is 0 Å². The van der Waals surface area contributed by atoms with Crippen LogP contribution in [0.1, 0.15) is 20.8 Å². The Morgan fingerprint density at radius 1 is 1.00 bits per heavy atom. The van der Waals surface area contributed by atoms with Crippen molar-refractivity contribution < 1.29 is 14.2 Å². The van der Waals surface area contributed by atoms with Gasteiger partial charge >= 0.3 is 0 Å². The summed E-state index contributed by atoms with van der Waals surface area (Å²) in [6, 6.07) is 12.5. The second-order valence-corrected chi connectivity index (χ2v) is 7.54. The van der Waals surface area contributed by atoms with E-state index >= 15 is 0 Å². The highest BCUT2D eigenvalue weighted by Gasteiger charge is 2.19. The van der Waals surface area contributed by atoms with Gasteiger partial charge in [0.1, 0.15) is 11.4 Å². The highest BCUT2D eigenvalue weighted by atomic mass is 32.1. The lowest BCUT2D eigenvalue weighted by Crippen LogP contribution is -2.23. The highest BCUT2D eigenvalue weighted by molar-refractivity contribution is 7.13. The summed E-state index contributed by atoms with van der Waals surface area (Å²) in [6.07, 6.45) is 0. The fourth-order valence-corrected chi connectivity index (χ4v) is 3.46. The summed E-state index contributed by atoms with van der Waals surface area (Å²) in [5.74, 6) is 2.49. The van der Waals surface area contributed by atoms with E-state index in [0.717, 1.165) is 33.6 Å². The lowest BCUT2D eigenvalue weighted by atomic mass is 10.0. The van der Waals surface area contributed by atoms with Crippen LogP contribution >= 0.6 is 11.3 Å². The van der Waals surface area contributed by atoms with Crippen molar-refractivity contribution >= 4 is 22.1 Å². The van der Waals surface area contributed by atoms with Crippen molar-refractivity contribution in [3.05, 3.63) is 41.8 Å². The third-order valence-corrected chi connectivity index (χ3v) is 4.54. The van der Waals surface area contributed by atoms with E-state index in [4.69, 9.17) is 14.2 Å². The van der Waals surface area contributed by atoms with Crippen molar-refractivity contribution in [2.75, 3.05) is 6.79 Å². The molecular formula is C19H18O3S. The minimum absolute atomic E-state index is 0.254. The quantitative estimate of drug-likeness (QED) is 0.624. The predicted molar refractivity (Wildman–Crippen MR) is 93.8 cm³/mol. The number of hydrogen-bond acceptors (Lipinski definition) is 4. The van der Waals surface area contributed by atoms with Gasteiger partial charge in [-0.2, -0.15) is 0 Å². The largest absolute Gasteiger partial charge is 0.487 e. The third-order valence-electron chi connectivity index (χ3n) is 3.63. The molecule has 4 heteroatoms. The van der Waals surface area contributed by atoms with Crippen LogP contribution in [0.4, 0.5) is 0 Å². The number of fused-ring (bicyclic) bond motifs is 2. The van der Waals surface area contributed by atoms with Gasteiger partial charge in [-0.25, -0.2) is 0 Å². The molecule has 0 atom stereocenters. The normalized spacial score (nSPS) is 13.5. The average Bonchev–Trinajstić information content (AvgIpc) is 3.13. The lowest BCUT2D eigenvalue weighted by molar-refractivity contribution is 0.132. The van der Waals surface area contributed by atoms with Crippen molar-refractivity contribution in [2.24, 2.45) is 0 Å². The van der Waals surface area contributed by atoms with Gasteiger partial charge in [-0.3, -0.25) is 0 Å². The minimum atomic E-state index is -0.254. The van der Waals surface area contributed by atoms with Crippen LogP contribution < -0.4 is 14.2 Å². The SMILES string of the molecule is CC(C)(C)Oc1cc2cc3c(cc2cc1-c1cccs1)OCO3. The number of thiophene rings is 1. The molecule has 2 aromatic carbocycles. The van der Waals surface area contributed by atoms with Crippen LogP contribution in [0.25, 0.3) is 21.2 Å². The summed E-state index contributed by atoms with van der Waals surface area (Å²) in [4.78, 5) is 1.20. The average molecular weight is 326 g/mol. The van der Waals surface area contributed by atoms with Crippen LogP contribution in [-0.4, -0.2) is 12.4 Å². The Bertz CT molecular complexity index is 860. The van der Waals surface area contributed by atoms with E-state index in [-0.39, 0.29) is 12.4 Å². The Morgan fingerprint density at radius 2 is 1.70 bits per heavy atom. The summed E-state index contributed by atoms with van der Waals surface area (Å²) in [6.45, 7) is 6.48. The van der Waals surface area contributed by atoms with Crippen LogP contribution in [0.2, 0.25) is 0 Å². The molecule has 0 saturated carbocycles. The van der Waals surface area contributed by atoms with Gasteiger partial charge in [-0.1, -0.05) is 6.07 Å². The Kier molecular flexibility index (Phi) is 3.23. The number of benzene rings is 2. The standard InChI is InChI=1S/C19H18O3S/c1-19(2,3)22-15-8-13-10-17-16(20-11-21-17)9-12(13)7-14(15)18-5-4-6-23-18/h4-10H,11H2,1-3H3. The molecule has 118 valence electrons. The van der Waals surface area contributed by atoms with Crippen molar-refractivity contribution in [1.29, 1.82) is 0 Å². The van der Waals surface area contributed by atoms with Crippen LogP contribution in [0.15, 0.2) is 41.8 Å². The molecule has 0 fully saturated rings. The Hall–Kier alpha value is -2.20. The molecule has 0 unspecified atom stereocenters. The maximum absolute atomic E-state index is 6.22. The molecular weight excluding hydrogens is 308 g/mol. The molecule has 0 aliphatic carbocycles. The fourth-order valence-electron chi connectivity index (χ4n) is 2.71. The molecule has 2 heterocycles. The van der Waals surface area contributed by atoms with E-state index in [1.165, 1.54) is 4.88 Å². The molecule has 0 saturated heterocycles. The third kappa shape index (κ3) is 2.75. The maximum atomic E-state index is 6.22. The second kappa shape index (κ2) is 5.17. The molecule has 0 radical (unpaired) electrons. The van der Waals surface area contributed by atoms with E-state index in [1.54, 1.807) is 11.3 Å². The van der Waals surface area contributed by atoms with Crippen molar-refractivity contribution in [3.63, 3.8) is 0 Å². The van der Waals surface area contributed by atoms with Gasteiger partial charge in [0.05, 0.1) is 0 Å². The zero-order valence-electron chi connectivity index (χ0n) is 13.4. The zero-order chi connectivity index (χ0) is 16.0. The van der Waals surface area contributed by atoms with Crippen LogP contribution in [-0.2, 0) is 0 Å². The molecule has 23 heavy (non-hydrogen) atoms. The van der Waals surface area contributed by atoms with Crippen molar-refractivity contribution in [1.82, 2.24) is 0 Å². The van der Waals surface area contributed by atoms with Gasteiger partial charge in [-0.05, 0) is 67.3 Å². The van der Waals surface area contributed by atoms with Crippen LogP contribution in [0.3, 0.4) is 0 Å².